The molecule has 2 rings (SSSR count). The summed E-state index contributed by atoms with van der Waals surface area (Å²) >= 11 is 1.08. The van der Waals surface area contributed by atoms with Crippen LogP contribution >= 0.6 is 11.3 Å². The second kappa shape index (κ2) is 5.39. The predicted octanol–water partition coefficient (Wildman–Crippen LogP) is 2.72. The van der Waals surface area contributed by atoms with Gasteiger partial charge in [0.25, 0.3) is 0 Å². The van der Waals surface area contributed by atoms with Gasteiger partial charge in [-0.25, -0.2) is 8.78 Å². The molecule has 0 spiro atoms. The van der Waals surface area contributed by atoms with E-state index in [4.69, 9.17) is 4.74 Å². The fraction of sp³-hybridized carbons (Fsp3) is 0.200. The molecule has 9 heteroatoms. The minimum atomic E-state index is -1.59. The van der Waals surface area contributed by atoms with E-state index in [-0.39, 0.29) is 12.7 Å². The van der Waals surface area contributed by atoms with Crippen LogP contribution in [0.1, 0.15) is 5.01 Å². The third-order valence-corrected chi connectivity index (χ3v) is 3.01. The van der Waals surface area contributed by atoms with Gasteiger partial charge in [-0.15, -0.1) is 10.2 Å². The smallest absolute Gasteiger partial charge is 0.205 e. The average Bonchev–Trinajstić information content (AvgIpc) is 2.84. The minimum absolute atomic E-state index is 0.113. The fourth-order valence-corrected chi connectivity index (χ4v) is 1.83. The van der Waals surface area contributed by atoms with Crippen LogP contribution in [0.3, 0.4) is 0 Å². The maximum Gasteiger partial charge on any atom is 0.205 e. The van der Waals surface area contributed by atoms with Crippen molar-refractivity contribution >= 4 is 16.5 Å². The Hall–Kier alpha value is -1.90. The molecule has 0 aliphatic heterocycles. The number of ether oxygens (including phenoxy) is 1. The third-order valence-electron chi connectivity index (χ3n) is 2.09. The molecule has 0 saturated heterocycles. The van der Waals surface area contributed by atoms with Crippen LogP contribution in [0.5, 0.6) is 5.75 Å². The zero-order chi connectivity index (χ0) is 14.0. The molecule has 0 fully saturated rings. The number of benzene rings is 1. The van der Waals surface area contributed by atoms with E-state index in [1.165, 1.54) is 0 Å². The highest BCUT2D eigenvalue weighted by Gasteiger charge is 2.21. The van der Waals surface area contributed by atoms with Crippen LogP contribution in [-0.2, 0) is 6.61 Å². The first-order valence-corrected chi connectivity index (χ1v) is 5.80. The second-order valence-corrected chi connectivity index (χ2v) is 4.40. The second-order valence-electron chi connectivity index (χ2n) is 3.34. The van der Waals surface area contributed by atoms with Crippen LogP contribution in [0.15, 0.2) is 6.07 Å². The van der Waals surface area contributed by atoms with Crippen molar-refractivity contribution in [1.82, 2.24) is 10.2 Å². The molecule has 0 atom stereocenters. The molecule has 0 aliphatic rings. The lowest BCUT2D eigenvalue weighted by molar-refractivity contribution is 0.260. The molecule has 1 aromatic heterocycles. The van der Waals surface area contributed by atoms with Crippen LogP contribution in [0.4, 0.5) is 22.7 Å². The Balaban J connectivity index is 2.19. The van der Waals surface area contributed by atoms with Crippen molar-refractivity contribution in [2.75, 3.05) is 12.4 Å². The summed E-state index contributed by atoms with van der Waals surface area (Å²) in [6.45, 7) is -0.351. The highest BCUT2D eigenvalue weighted by atomic mass is 32.1. The van der Waals surface area contributed by atoms with E-state index in [0.29, 0.717) is 10.1 Å². The summed E-state index contributed by atoms with van der Waals surface area (Å²) in [5, 5.41) is 10.8. The Morgan fingerprint density at radius 3 is 2.32 bits per heavy atom. The molecular formula is C10H7F4N3OS. The Morgan fingerprint density at radius 2 is 1.79 bits per heavy atom. The van der Waals surface area contributed by atoms with Crippen molar-refractivity contribution in [2.24, 2.45) is 0 Å². The lowest BCUT2D eigenvalue weighted by Crippen LogP contribution is -2.03. The van der Waals surface area contributed by atoms with Gasteiger partial charge in [-0.3, -0.25) is 0 Å². The topological polar surface area (TPSA) is 47.0 Å². The number of rotatable bonds is 4. The quantitative estimate of drug-likeness (QED) is 0.695. The molecule has 1 aromatic carbocycles. The van der Waals surface area contributed by atoms with Crippen molar-refractivity contribution in [2.45, 2.75) is 6.61 Å². The first-order valence-electron chi connectivity index (χ1n) is 4.99. The summed E-state index contributed by atoms with van der Waals surface area (Å²) in [5.74, 6) is -7.34. The highest BCUT2D eigenvalue weighted by Crippen LogP contribution is 2.27. The number of nitrogens with zero attached hydrogens (tertiary/aromatic N) is 2. The number of halogens is 4. The van der Waals surface area contributed by atoms with Crippen molar-refractivity contribution in [3.05, 3.63) is 34.3 Å². The number of aromatic nitrogens is 2. The SMILES string of the molecule is CNc1nnc(COc2c(F)c(F)cc(F)c2F)s1. The van der Waals surface area contributed by atoms with Crippen LogP contribution in [-0.4, -0.2) is 17.2 Å². The maximum absolute atomic E-state index is 13.3. The lowest BCUT2D eigenvalue weighted by atomic mass is 10.3. The van der Waals surface area contributed by atoms with Gasteiger partial charge in [0, 0.05) is 13.1 Å². The van der Waals surface area contributed by atoms with E-state index < -0.39 is 29.0 Å². The molecule has 0 saturated carbocycles. The average molecular weight is 293 g/mol. The standard InChI is InChI=1S/C10H7F4N3OS/c1-15-10-17-16-6(19-10)3-18-9-7(13)4(11)2-5(12)8(9)14/h2H,3H2,1H3,(H,15,17). The van der Waals surface area contributed by atoms with Gasteiger partial charge in [0.1, 0.15) is 6.61 Å². The van der Waals surface area contributed by atoms with Gasteiger partial charge in [-0.2, -0.15) is 8.78 Å². The van der Waals surface area contributed by atoms with Crippen LogP contribution in [0.2, 0.25) is 0 Å². The first kappa shape index (κ1) is 13.5. The molecule has 2 aromatic rings. The summed E-state index contributed by atoms with van der Waals surface area (Å²) < 4.78 is 57.1. The van der Waals surface area contributed by atoms with Gasteiger partial charge in [-0.05, 0) is 0 Å². The largest absolute Gasteiger partial charge is 0.480 e. The maximum atomic E-state index is 13.3. The number of nitrogens with one attached hydrogen (secondary N) is 1. The lowest BCUT2D eigenvalue weighted by Gasteiger charge is -2.07. The van der Waals surface area contributed by atoms with Crippen molar-refractivity contribution in [3.8, 4) is 5.75 Å². The summed E-state index contributed by atoms with van der Waals surface area (Å²) in [7, 11) is 1.62. The van der Waals surface area contributed by atoms with Crippen LogP contribution < -0.4 is 10.1 Å². The third kappa shape index (κ3) is 2.75. The van der Waals surface area contributed by atoms with Crippen molar-refractivity contribution in [3.63, 3.8) is 0 Å². The van der Waals surface area contributed by atoms with E-state index >= 15 is 0 Å². The Morgan fingerprint density at radius 1 is 1.16 bits per heavy atom. The van der Waals surface area contributed by atoms with E-state index in [1.807, 2.05) is 0 Å². The summed E-state index contributed by atoms with van der Waals surface area (Å²) in [6, 6.07) is 0.113. The normalized spacial score (nSPS) is 10.6. The molecule has 0 bridgehead atoms. The zero-order valence-electron chi connectivity index (χ0n) is 9.51. The molecule has 4 nitrogen and oxygen atoms in total. The van der Waals surface area contributed by atoms with E-state index in [1.54, 1.807) is 7.05 Å². The monoisotopic (exact) mass is 293 g/mol. The van der Waals surface area contributed by atoms with Crippen molar-refractivity contribution in [1.29, 1.82) is 0 Å². The number of hydrogen-bond acceptors (Lipinski definition) is 5. The molecule has 1 heterocycles. The molecule has 0 radical (unpaired) electrons. The Labute approximate surface area is 109 Å². The number of anilines is 1. The molecule has 0 unspecified atom stereocenters. The summed E-state index contributed by atoms with van der Waals surface area (Å²) in [6.07, 6.45) is 0. The fourth-order valence-electron chi connectivity index (χ4n) is 1.22. The van der Waals surface area contributed by atoms with Crippen LogP contribution in [0.25, 0.3) is 0 Å². The van der Waals surface area contributed by atoms with Gasteiger partial charge < -0.3 is 10.1 Å². The number of hydrogen-bond donors (Lipinski definition) is 1. The van der Waals surface area contributed by atoms with E-state index in [0.717, 1.165) is 11.3 Å². The van der Waals surface area contributed by atoms with Gasteiger partial charge >= 0.3 is 0 Å². The Kier molecular flexibility index (Phi) is 3.84. The van der Waals surface area contributed by atoms with Gasteiger partial charge in [0.15, 0.2) is 22.4 Å². The summed E-state index contributed by atoms with van der Waals surface area (Å²) in [4.78, 5) is 0. The van der Waals surface area contributed by atoms with E-state index in [2.05, 4.69) is 15.5 Å². The van der Waals surface area contributed by atoms with Gasteiger partial charge in [0.2, 0.25) is 16.8 Å². The van der Waals surface area contributed by atoms with Crippen LogP contribution in [0, 0.1) is 23.3 Å². The molecule has 1 N–H and O–H groups in total. The molecule has 0 amide bonds. The van der Waals surface area contributed by atoms with E-state index in [9.17, 15) is 17.6 Å². The van der Waals surface area contributed by atoms with Gasteiger partial charge in [-0.1, -0.05) is 11.3 Å². The van der Waals surface area contributed by atoms with Gasteiger partial charge in [0.05, 0.1) is 0 Å². The summed E-state index contributed by atoms with van der Waals surface area (Å²) in [5.41, 5.74) is 0. The van der Waals surface area contributed by atoms with Crippen molar-refractivity contribution < 1.29 is 22.3 Å². The molecule has 19 heavy (non-hydrogen) atoms. The predicted molar refractivity (Wildman–Crippen MR) is 60.1 cm³/mol. The molecule has 0 aliphatic carbocycles. The highest BCUT2D eigenvalue weighted by molar-refractivity contribution is 7.15. The Bertz CT molecular complexity index is 578. The molecular weight excluding hydrogens is 286 g/mol. The zero-order valence-corrected chi connectivity index (χ0v) is 10.3. The minimum Gasteiger partial charge on any atom is -0.480 e. The first-order chi connectivity index (χ1) is 9.02. The molecule has 102 valence electrons.